The van der Waals surface area contributed by atoms with E-state index in [-0.39, 0.29) is 12.0 Å². The summed E-state index contributed by atoms with van der Waals surface area (Å²) < 4.78 is 5.40. The fraction of sp³-hybridized carbons (Fsp3) is 0.833. The number of rotatable bonds is 4. The molecule has 1 aromatic heterocycles. The summed E-state index contributed by atoms with van der Waals surface area (Å²) in [6.07, 6.45) is 2.60. The summed E-state index contributed by atoms with van der Waals surface area (Å²) in [6.45, 7) is 11.3. The van der Waals surface area contributed by atoms with Gasteiger partial charge in [-0.3, -0.25) is 14.8 Å². The van der Waals surface area contributed by atoms with Crippen molar-refractivity contribution in [3.8, 4) is 0 Å². The van der Waals surface area contributed by atoms with Gasteiger partial charge >= 0.3 is 0 Å². The quantitative estimate of drug-likeness (QED) is 0.897. The second-order valence-corrected chi connectivity index (χ2v) is 7.68. The second-order valence-electron chi connectivity index (χ2n) is 7.68. The van der Waals surface area contributed by atoms with Crippen molar-refractivity contribution in [3.63, 3.8) is 0 Å². The zero-order valence-electron chi connectivity index (χ0n) is 15.7. The van der Waals surface area contributed by atoms with Crippen LogP contribution in [0, 0.1) is 18.8 Å². The van der Waals surface area contributed by atoms with Gasteiger partial charge in [-0.2, -0.15) is 5.10 Å². The van der Waals surface area contributed by atoms with E-state index in [2.05, 4.69) is 38.8 Å². The van der Waals surface area contributed by atoms with Gasteiger partial charge in [-0.1, -0.05) is 13.8 Å². The van der Waals surface area contributed by atoms with Crippen LogP contribution in [0.15, 0.2) is 0 Å². The number of nitrogens with one attached hydrogen (secondary N) is 1. The van der Waals surface area contributed by atoms with Crippen LogP contribution in [0.1, 0.15) is 50.8 Å². The molecule has 3 heterocycles. The summed E-state index contributed by atoms with van der Waals surface area (Å²) in [5.74, 6) is 2.71. The number of carbonyl (C=O) groups is 1. The molecule has 3 rings (SSSR count). The standard InChI is InChI=1S/C18H31N5O2/c1-13(2)12-23-9-8-22(18(24)15-5-10-25-11-6-15)7-4-16(23)17-19-14(3)20-21-17/h13,15-16H,4-12H2,1-3H3,(H,19,20,21). The lowest BCUT2D eigenvalue weighted by Gasteiger charge is -2.29. The molecule has 1 amide bonds. The highest BCUT2D eigenvalue weighted by Crippen LogP contribution is 2.27. The summed E-state index contributed by atoms with van der Waals surface area (Å²) in [5, 5.41) is 7.36. The van der Waals surface area contributed by atoms with E-state index in [4.69, 9.17) is 4.74 Å². The van der Waals surface area contributed by atoms with E-state index >= 15 is 0 Å². The van der Waals surface area contributed by atoms with Crippen LogP contribution >= 0.6 is 0 Å². The summed E-state index contributed by atoms with van der Waals surface area (Å²) in [4.78, 5) is 22.0. The number of hydrogen-bond acceptors (Lipinski definition) is 5. The van der Waals surface area contributed by atoms with Gasteiger partial charge in [0, 0.05) is 45.3 Å². The Morgan fingerprint density at radius 3 is 2.64 bits per heavy atom. The minimum Gasteiger partial charge on any atom is -0.381 e. The molecular weight excluding hydrogens is 318 g/mol. The van der Waals surface area contributed by atoms with Crippen molar-refractivity contribution in [2.75, 3.05) is 39.4 Å². The first kappa shape index (κ1) is 18.3. The fourth-order valence-electron chi connectivity index (χ4n) is 3.89. The van der Waals surface area contributed by atoms with Crippen molar-refractivity contribution >= 4 is 5.91 Å². The topological polar surface area (TPSA) is 74.4 Å². The Morgan fingerprint density at radius 2 is 2.00 bits per heavy atom. The van der Waals surface area contributed by atoms with Crippen molar-refractivity contribution in [3.05, 3.63) is 11.6 Å². The largest absolute Gasteiger partial charge is 0.381 e. The molecule has 0 aliphatic carbocycles. The third-order valence-electron chi connectivity index (χ3n) is 5.16. The van der Waals surface area contributed by atoms with E-state index in [1.807, 2.05) is 6.92 Å². The molecule has 0 aromatic carbocycles. The van der Waals surface area contributed by atoms with Gasteiger partial charge < -0.3 is 9.64 Å². The maximum absolute atomic E-state index is 12.9. The molecule has 2 aliphatic rings. The van der Waals surface area contributed by atoms with Crippen molar-refractivity contribution < 1.29 is 9.53 Å². The molecule has 140 valence electrons. The number of aromatic nitrogens is 3. The van der Waals surface area contributed by atoms with Gasteiger partial charge in [0.1, 0.15) is 5.82 Å². The summed E-state index contributed by atoms with van der Waals surface area (Å²) in [5.41, 5.74) is 0. The first-order chi connectivity index (χ1) is 12.0. The molecule has 0 bridgehead atoms. The van der Waals surface area contributed by atoms with Crippen LogP contribution in [0.5, 0.6) is 0 Å². The Hall–Kier alpha value is -1.47. The second kappa shape index (κ2) is 8.27. The summed E-state index contributed by atoms with van der Waals surface area (Å²) >= 11 is 0. The van der Waals surface area contributed by atoms with E-state index in [1.54, 1.807) is 0 Å². The molecule has 0 saturated carbocycles. The maximum Gasteiger partial charge on any atom is 0.225 e. The third kappa shape index (κ3) is 4.58. The van der Waals surface area contributed by atoms with Crippen LogP contribution in [0.25, 0.3) is 0 Å². The Kier molecular flexibility index (Phi) is 6.06. The Balaban J connectivity index is 1.70. The molecule has 2 aliphatic heterocycles. The van der Waals surface area contributed by atoms with Gasteiger partial charge in [0.2, 0.25) is 5.91 Å². The highest BCUT2D eigenvalue weighted by Gasteiger charge is 2.32. The minimum absolute atomic E-state index is 0.134. The smallest absolute Gasteiger partial charge is 0.225 e. The van der Waals surface area contributed by atoms with Crippen LogP contribution in [0.2, 0.25) is 0 Å². The summed E-state index contributed by atoms with van der Waals surface area (Å²) in [7, 11) is 0. The number of ether oxygens (including phenoxy) is 1. The van der Waals surface area contributed by atoms with E-state index in [0.29, 0.717) is 25.0 Å². The zero-order valence-corrected chi connectivity index (χ0v) is 15.7. The average Bonchev–Trinajstić information content (AvgIpc) is 2.92. The maximum atomic E-state index is 12.9. The Labute approximate surface area is 150 Å². The fourth-order valence-corrected chi connectivity index (χ4v) is 3.89. The van der Waals surface area contributed by atoms with E-state index in [9.17, 15) is 4.79 Å². The van der Waals surface area contributed by atoms with Crippen molar-refractivity contribution in [2.24, 2.45) is 11.8 Å². The van der Waals surface area contributed by atoms with Crippen LogP contribution < -0.4 is 0 Å². The minimum atomic E-state index is 0.134. The molecule has 0 radical (unpaired) electrons. The number of amides is 1. The third-order valence-corrected chi connectivity index (χ3v) is 5.16. The van der Waals surface area contributed by atoms with Crippen LogP contribution in [0.3, 0.4) is 0 Å². The first-order valence-electron chi connectivity index (χ1n) is 9.54. The molecule has 2 saturated heterocycles. The number of hydrogen-bond donors (Lipinski definition) is 1. The highest BCUT2D eigenvalue weighted by atomic mass is 16.5. The summed E-state index contributed by atoms with van der Waals surface area (Å²) in [6, 6.07) is 0.180. The van der Waals surface area contributed by atoms with Crippen LogP contribution in [-0.4, -0.2) is 70.3 Å². The predicted octanol–water partition coefficient (Wildman–Crippen LogP) is 1.77. The molecule has 7 heteroatoms. The lowest BCUT2D eigenvalue weighted by atomic mass is 9.98. The molecule has 1 aromatic rings. The van der Waals surface area contributed by atoms with Crippen LogP contribution in [0.4, 0.5) is 0 Å². The predicted molar refractivity (Wildman–Crippen MR) is 95.0 cm³/mol. The molecule has 1 unspecified atom stereocenters. The lowest BCUT2D eigenvalue weighted by Crippen LogP contribution is -2.41. The van der Waals surface area contributed by atoms with E-state index in [0.717, 1.165) is 57.1 Å². The number of aryl methyl sites for hydroxylation is 1. The van der Waals surface area contributed by atoms with Crippen LogP contribution in [-0.2, 0) is 9.53 Å². The Morgan fingerprint density at radius 1 is 1.24 bits per heavy atom. The normalized spacial score (nSPS) is 23.8. The van der Waals surface area contributed by atoms with Gasteiger partial charge in [0.25, 0.3) is 0 Å². The molecule has 1 N–H and O–H groups in total. The van der Waals surface area contributed by atoms with Crippen molar-refractivity contribution in [1.82, 2.24) is 25.0 Å². The van der Waals surface area contributed by atoms with Gasteiger partial charge in [-0.15, -0.1) is 0 Å². The van der Waals surface area contributed by atoms with Gasteiger partial charge in [-0.25, -0.2) is 4.98 Å². The van der Waals surface area contributed by atoms with Gasteiger partial charge in [-0.05, 0) is 32.1 Å². The number of aromatic amines is 1. The first-order valence-corrected chi connectivity index (χ1v) is 9.54. The highest BCUT2D eigenvalue weighted by molar-refractivity contribution is 5.79. The number of nitrogens with zero attached hydrogens (tertiary/aromatic N) is 4. The van der Waals surface area contributed by atoms with Crippen molar-refractivity contribution in [1.29, 1.82) is 0 Å². The molecule has 2 fully saturated rings. The van der Waals surface area contributed by atoms with Crippen molar-refractivity contribution in [2.45, 2.75) is 46.1 Å². The molecular formula is C18H31N5O2. The number of carbonyl (C=O) groups excluding carboxylic acids is 1. The SMILES string of the molecule is Cc1nc(C2CCN(C(=O)C3CCOCC3)CCN2CC(C)C)n[nH]1. The van der Waals surface area contributed by atoms with E-state index in [1.165, 1.54) is 0 Å². The zero-order chi connectivity index (χ0) is 17.8. The monoisotopic (exact) mass is 349 g/mol. The molecule has 1 atom stereocenters. The average molecular weight is 349 g/mol. The van der Waals surface area contributed by atoms with E-state index < -0.39 is 0 Å². The van der Waals surface area contributed by atoms with Gasteiger partial charge in [0.05, 0.1) is 6.04 Å². The molecule has 0 spiro atoms. The number of H-pyrrole nitrogens is 1. The van der Waals surface area contributed by atoms with Gasteiger partial charge in [0.15, 0.2) is 5.82 Å². The molecule has 25 heavy (non-hydrogen) atoms. The Bertz CT molecular complexity index is 568. The lowest BCUT2D eigenvalue weighted by molar-refractivity contribution is -0.138. The molecule has 7 nitrogen and oxygen atoms in total.